The van der Waals surface area contributed by atoms with Crippen LogP contribution in [0.4, 0.5) is 10.1 Å². The molecule has 0 bridgehead atoms. The van der Waals surface area contributed by atoms with Gasteiger partial charge in [0.05, 0.1) is 0 Å². The zero-order chi connectivity index (χ0) is 13.7. The van der Waals surface area contributed by atoms with Crippen molar-refractivity contribution in [3.63, 3.8) is 0 Å². The standard InChI is InChI=1S/C16H25FN2/c1-3-18-11-14-8-15(17)10-16(9-14)19(2)12-13-6-4-5-7-13/h8-10,13,18H,3-7,11-12H2,1-2H3. The Labute approximate surface area is 116 Å². The minimum absolute atomic E-state index is 0.135. The van der Waals surface area contributed by atoms with Crippen molar-refractivity contribution in [1.29, 1.82) is 0 Å². The summed E-state index contributed by atoms with van der Waals surface area (Å²) in [4.78, 5) is 2.20. The summed E-state index contributed by atoms with van der Waals surface area (Å²) < 4.78 is 13.7. The van der Waals surface area contributed by atoms with Gasteiger partial charge in [-0.25, -0.2) is 4.39 Å². The summed E-state index contributed by atoms with van der Waals surface area (Å²) in [5.41, 5.74) is 2.02. The fourth-order valence-corrected chi connectivity index (χ4v) is 2.91. The first kappa shape index (κ1) is 14.3. The monoisotopic (exact) mass is 264 g/mol. The topological polar surface area (TPSA) is 15.3 Å². The number of hydrogen-bond acceptors (Lipinski definition) is 2. The summed E-state index contributed by atoms with van der Waals surface area (Å²) >= 11 is 0. The van der Waals surface area contributed by atoms with E-state index in [1.54, 1.807) is 12.1 Å². The Morgan fingerprint density at radius 2 is 2.00 bits per heavy atom. The molecule has 1 aliphatic rings. The van der Waals surface area contributed by atoms with Crippen LogP contribution in [-0.2, 0) is 6.54 Å². The van der Waals surface area contributed by atoms with Gasteiger partial charge in [0.2, 0.25) is 0 Å². The smallest absolute Gasteiger partial charge is 0.125 e. The molecule has 0 aromatic heterocycles. The molecule has 2 rings (SSSR count). The molecule has 2 nitrogen and oxygen atoms in total. The molecule has 0 aliphatic heterocycles. The van der Waals surface area contributed by atoms with Crippen molar-refractivity contribution in [3.8, 4) is 0 Å². The molecule has 1 fully saturated rings. The number of halogens is 1. The van der Waals surface area contributed by atoms with Crippen LogP contribution in [0.3, 0.4) is 0 Å². The fourth-order valence-electron chi connectivity index (χ4n) is 2.91. The van der Waals surface area contributed by atoms with Gasteiger partial charge in [-0.1, -0.05) is 19.8 Å². The molecule has 1 saturated carbocycles. The normalized spacial score (nSPS) is 15.9. The average Bonchev–Trinajstić information content (AvgIpc) is 2.88. The summed E-state index contributed by atoms with van der Waals surface area (Å²) in [6, 6.07) is 5.36. The molecule has 0 atom stereocenters. The van der Waals surface area contributed by atoms with E-state index in [1.807, 2.05) is 0 Å². The first-order chi connectivity index (χ1) is 9.19. The van der Waals surface area contributed by atoms with Crippen LogP contribution in [0.5, 0.6) is 0 Å². The van der Waals surface area contributed by atoms with Gasteiger partial charge in [-0.3, -0.25) is 0 Å². The SMILES string of the molecule is CCNCc1cc(F)cc(N(C)CC2CCCC2)c1. The Morgan fingerprint density at radius 1 is 1.26 bits per heavy atom. The molecule has 106 valence electrons. The van der Waals surface area contributed by atoms with E-state index in [0.717, 1.165) is 36.8 Å². The van der Waals surface area contributed by atoms with Crippen LogP contribution in [0.25, 0.3) is 0 Å². The molecule has 0 heterocycles. The van der Waals surface area contributed by atoms with E-state index in [9.17, 15) is 4.39 Å². The summed E-state index contributed by atoms with van der Waals surface area (Å²) in [6.07, 6.45) is 5.36. The van der Waals surface area contributed by atoms with Crippen LogP contribution in [0.15, 0.2) is 18.2 Å². The number of hydrogen-bond donors (Lipinski definition) is 1. The lowest BCUT2D eigenvalue weighted by molar-refractivity contribution is 0.545. The highest BCUT2D eigenvalue weighted by atomic mass is 19.1. The van der Waals surface area contributed by atoms with Crippen molar-refractivity contribution in [1.82, 2.24) is 5.32 Å². The fraction of sp³-hybridized carbons (Fsp3) is 0.625. The van der Waals surface area contributed by atoms with Gasteiger partial charge in [-0.15, -0.1) is 0 Å². The van der Waals surface area contributed by atoms with Crippen LogP contribution in [0.1, 0.15) is 38.2 Å². The molecule has 1 N–H and O–H groups in total. The minimum Gasteiger partial charge on any atom is -0.374 e. The molecule has 0 spiro atoms. The second-order valence-corrected chi connectivity index (χ2v) is 5.63. The van der Waals surface area contributed by atoms with Crippen molar-refractivity contribution in [2.45, 2.75) is 39.2 Å². The maximum atomic E-state index is 13.7. The number of rotatable bonds is 6. The number of benzene rings is 1. The van der Waals surface area contributed by atoms with Gasteiger partial charge in [0.25, 0.3) is 0 Å². The third-order valence-corrected chi connectivity index (χ3v) is 3.97. The van der Waals surface area contributed by atoms with E-state index in [1.165, 1.54) is 25.7 Å². The second-order valence-electron chi connectivity index (χ2n) is 5.63. The van der Waals surface area contributed by atoms with E-state index in [2.05, 4.69) is 30.3 Å². The number of nitrogens with zero attached hydrogens (tertiary/aromatic N) is 1. The Kier molecular flexibility index (Phi) is 5.20. The molecule has 0 radical (unpaired) electrons. The highest BCUT2D eigenvalue weighted by Crippen LogP contribution is 2.27. The number of nitrogens with one attached hydrogen (secondary N) is 1. The van der Waals surface area contributed by atoms with Crippen LogP contribution in [0.2, 0.25) is 0 Å². The van der Waals surface area contributed by atoms with Crippen molar-refractivity contribution in [2.75, 3.05) is 25.0 Å². The van der Waals surface area contributed by atoms with Gasteiger partial charge in [-0.05, 0) is 49.1 Å². The molecule has 0 unspecified atom stereocenters. The molecule has 0 saturated heterocycles. The Balaban J connectivity index is 2.02. The van der Waals surface area contributed by atoms with Crippen molar-refractivity contribution < 1.29 is 4.39 Å². The molecule has 1 aliphatic carbocycles. The van der Waals surface area contributed by atoms with Crippen LogP contribution in [0, 0.1) is 11.7 Å². The van der Waals surface area contributed by atoms with Gasteiger partial charge in [0.1, 0.15) is 5.82 Å². The quantitative estimate of drug-likeness (QED) is 0.845. The zero-order valence-electron chi connectivity index (χ0n) is 12.1. The van der Waals surface area contributed by atoms with Gasteiger partial charge < -0.3 is 10.2 Å². The largest absolute Gasteiger partial charge is 0.374 e. The number of anilines is 1. The summed E-state index contributed by atoms with van der Waals surface area (Å²) in [6.45, 7) is 4.75. The Morgan fingerprint density at radius 3 is 2.68 bits per heavy atom. The molecule has 1 aromatic carbocycles. The third-order valence-electron chi connectivity index (χ3n) is 3.97. The lowest BCUT2D eigenvalue weighted by Gasteiger charge is -2.23. The minimum atomic E-state index is -0.135. The van der Waals surface area contributed by atoms with E-state index >= 15 is 0 Å². The first-order valence-electron chi connectivity index (χ1n) is 7.40. The maximum Gasteiger partial charge on any atom is 0.125 e. The van der Waals surface area contributed by atoms with Gasteiger partial charge in [0.15, 0.2) is 0 Å². The second kappa shape index (κ2) is 6.90. The maximum absolute atomic E-state index is 13.7. The van der Waals surface area contributed by atoms with E-state index in [-0.39, 0.29) is 5.82 Å². The highest BCUT2D eigenvalue weighted by Gasteiger charge is 2.17. The molecule has 19 heavy (non-hydrogen) atoms. The third kappa shape index (κ3) is 4.20. The van der Waals surface area contributed by atoms with E-state index in [0.29, 0.717) is 0 Å². The van der Waals surface area contributed by atoms with E-state index < -0.39 is 0 Å². The Hall–Kier alpha value is -1.09. The van der Waals surface area contributed by atoms with Crippen molar-refractivity contribution >= 4 is 5.69 Å². The molecule has 0 amide bonds. The lowest BCUT2D eigenvalue weighted by Crippen LogP contribution is -2.24. The van der Waals surface area contributed by atoms with Crippen LogP contribution >= 0.6 is 0 Å². The van der Waals surface area contributed by atoms with Gasteiger partial charge in [0, 0.05) is 25.8 Å². The predicted octanol–water partition coefficient (Wildman–Crippen LogP) is 3.56. The molecular formula is C16H25FN2. The lowest BCUT2D eigenvalue weighted by atomic mass is 10.1. The van der Waals surface area contributed by atoms with E-state index in [4.69, 9.17) is 0 Å². The van der Waals surface area contributed by atoms with Crippen LogP contribution in [-0.4, -0.2) is 20.1 Å². The summed E-state index contributed by atoms with van der Waals surface area (Å²) in [5.74, 6) is 0.647. The molecule has 3 heteroatoms. The average molecular weight is 264 g/mol. The van der Waals surface area contributed by atoms with Crippen LogP contribution < -0.4 is 10.2 Å². The molecular weight excluding hydrogens is 239 g/mol. The van der Waals surface area contributed by atoms with Crippen molar-refractivity contribution in [3.05, 3.63) is 29.6 Å². The Bertz CT molecular complexity index is 400. The highest BCUT2D eigenvalue weighted by molar-refractivity contribution is 5.48. The van der Waals surface area contributed by atoms with Crippen molar-refractivity contribution in [2.24, 2.45) is 5.92 Å². The zero-order valence-corrected chi connectivity index (χ0v) is 12.1. The molecule has 1 aromatic rings. The van der Waals surface area contributed by atoms with Gasteiger partial charge >= 0.3 is 0 Å². The van der Waals surface area contributed by atoms with Gasteiger partial charge in [-0.2, -0.15) is 0 Å². The first-order valence-corrected chi connectivity index (χ1v) is 7.40. The predicted molar refractivity (Wildman–Crippen MR) is 79.0 cm³/mol. The summed E-state index contributed by atoms with van der Waals surface area (Å²) in [5, 5.41) is 3.25. The summed E-state index contributed by atoms with van der Waals surface area (Å²) in [7, 11) is 2.07.